The molecule has 1 heterocycles. The molecule has 1 aliphatic rings. The van der Waals surface area contributed by atoms with E-state index in [1.54, 1.807) is 24.3 Å². The number of hydrogen-bond donors (Lipinski definition) is 1. The maximum atomic E-state index is 12.1. The molecular weight excluding hydrogens is 406 g/mol. The molecule has 1 atom stereocenters. The summed E-state index contributed by atoms with van der Waals surface area (Å²) in [5.74, 6) is -1.09. The number of hydrogen-bond acceptors (Lipinski definition) is 5. The molecule has 1 aliphatic heterocycles. The summed E-state index contributed by atoms with van der Waals surface area (Å²) >= 11 is 4.62. The van der Waals surface area contributed by atoms with Crippen molar-refractivity contribution >= 4 is 51.0 Å². The number of benzene rings is 2. The second-order valence-corrected chi connectivity index (χ2v) is 7.55. The molecule has 0 aromatic heterocycles. The number of thioether (sulfide) groups is 1. The lowest BCUT2D eigenvalue weighted by molar-refractivity contribution is -0.143. The van der Waals surface area contributed by atoms with Gasteiger partial charge in [0.05, 0.1) is 17.4 Å². The summed E-state index contributed by atoms with van der Waals surface area (Å²) in [6.45, 7) is -0.337. The van der Waals surface area contributed by atoms with Crippen LogP contribution in [0.4, 0.5) is 5.69 Å². The van der Waals surface area contributed by atoms with E-state index in [2.05, 4.69) is 21.2 Å². The summed E-state index contributed by atoms with van der Waals surface area (Å²) in [7, 11) is 0. The van der Waals surface area contributed by atoms with Crippen molar-refractivity contribution in [2.75, 3.05) is 11.9 Å². The minimum absolute atomic E-state index is 0.0849. The molecule has 1 unspecified atom stereocenters. The van der Waals surface area contributed by atoms with Crippen LogP contribution >= 0.6 is 27.7 Å². The van der Waals surface area contributed by atoms with Crippen molar-refractivity contribution in [2.45, 2.75) is 16.6 Å². The minimum Gasteiger partial charge on any atom is -0.457 e. The van der Waals surface area contributed by atoms with Gasteiger partial charge in [-0.15, -0.1) is 11.8 Å². The molecular formula is C18H14BrNO4S. The highest BCUT2D eigenvalue weighted by atomic mass is 79.9. The SMILES string of the molecule is O=C(CC1Sc2ccccc2NC1=O)OCC(=O)c1ccc(Br)cc1. The van der Waals surface area contributed by atoms with Crippen molar-refractivity contribution in [3.05, 3.63) is 58.6 Å². The van der Waals surface area contributed by atoms with E-state index in [1.165, 1.54) is 11.8 Å². The van der Waals surface area contributed by atoms with Crippen LogP contribution in [0.1, 0.15) is 16.8 Å². The van der Waals surface area contributed by atoms with Crippen LogP contribution in [-0.2, 0) is 14.3 Å². The third-order valence-corrected chi connectivity index (χ3v) is 5.39. The molecule has 0 saturated carbocycles. The maximum absolute atomic E-state index is 12.1. The van der Waals surface area contributed by atoms with E-state index in [0.29, 0.717) is 5.56 Å². The van der Waals surface area contributed by atoms with Crippen LogP contribution in [0.5, 0.6) is 0 Å². The fraction of sp³-hybridized carbons (Fsp3) is 0.167. The minimum atomic E-state index is -0.572. The summed E-state index contributed by atoms with van der Waals surface area (Å²) in [6.07, 6.45) is -0.0849. The standard InChI is InChI=1S/C18H14BrNO4S/c19-12-7-5-11(6-8-12)14(21)10-24-17(22)9-16-18(23)20-13-3-1-2-4-15(13)25-16/h1-8,16H,9-10H2,(H,20,23). The van der Waals surface area contributed by atoms with Crippen LogP contribution < -0.4 is 5.32 Å². The van der Waals surface area contributed by atoms with E-state index >= 15 is 0 Å². The van der Waals surface area contributed by atoms with E-state index in [0.717, 1.165) is 15.1 Å². The number of rotatable bonds is 5. The number of Topliss-reactive ketones (excluding diaryl/α,β-unsaturated/α-hetero) is 1. The first-order chi connectivity index (χ1) is 12.0. The quantitative estimate of drug-likeness (QED) is 0.590. The van der Waals surface area contributed by atoms with Crippen LogP contribution in [0.15, 0.2) is 57.9 Å². The summed E-state index contributed by atoms with van der Waals surface area (Å²) in [6, 6.07) is 14.2. The van der Waals surface area contributed by atoms with E-state index < -0.39 is 11.2 Å². The van der Waals surface area contributed by atoms with Crippen molar-refractivity contribution in [1.29, 1.82) is 0 Å². The van der Waals surface area contributed by atoms with Gasteiger partial charge in [0.2, 0.25) is 5.91 Å². The first-order valence-electron chi connectivity index (χ1n) is 7.54. The van der Waals surface area contributed by atoms with Crippen molar-refractivity contribution in [3.63, 3.8) is 0 Å². The maximum Gasteiger partial charge on any atom is 0.307 e. The van der Waals surface area contributed by atoms with Gasteiger partial charge in [-0.05, 0) is 24.3 Å². The van der Waals surface area contributed by atoms with Crippen LogP contribution in [0.2, 0.25) is 0 Å². The normalized spacial score (nSPS) is 15.9. The fourth-order valence-electron chi connectivity index (χ4n) is 2.30. The zero-order chi connectivity index (χ0) is 17.8. The van der Waals surface area contributed by atoms with Gasteiger partial charge in [0.1, 0.15) is 0 Å². The van der Waals surface area contributed by atoms with Gasteiger partial charge < -0.3 is 10.1 Å². The number of para-hydroxylation sites is 1. The fourth-order valence-corrected chi connectivity index (χ4v) is 3.66. The van der Waals surface area contributed by atoms with Crippen LogP contribution in [0, 0.1) is 0 Å². The number of halogens is 1. The number of carbonyl (C=O) groups excluding carboxylic acids is 3. The predicted molar refractivity (Wildman–Crippen MR) is 98.8 cm³/mol. The molecule has 3 rings (SSSR count). The summed E-state index contributed by atoms with van der Waals surface area (Å²) in [4.78, 5) is 37.0. The summed E-state index contributed by atoms with van der Waals surface area (Å²) in [5, 5.41) is 2.21. The number of nitrogens with one attached hydrogen (secondary N) is 1. The van der Waals surface area contributed by atoms with E-state index in [4.69, 9.17) is 4.74 Å². The van der Waals surface area contributed by atoms with Crippen molar-refractivity contribution in [2.24, 2.45) is 0 Å². The van der Waals surface area contributed by atoms with Gasteiger partial charge in [-0.3, -0.25) is 14.4 Å². The van der Waals surface area contributed by atoms with E-state index in [-0.39, 0.29) is 24.7 Å². The molecule has 0 bridgehead atoms. The second kappa shape index (κ2) is 7.84. The zero-order valence-corrected chi connectivity index (χ0v) is 15.4. The monoisotopic (exact) mass is 419 g/mol. The number of fused-ring (bicyclic) bond motifs is 1. The molecule has 25 heavy (non-hydrogen) atoms. The highest BCUT2D eigenvalue weighted by Gasteiger charge is 2.29. The molecule has 0 fully saturated rings. The number of carbonyl (C=O) groups is 3. The highest BCUT2D eigenvalue weighted by Crippen LogP contribution is 2.36. The Morgan fingerprint density at radius 3 is 2.60 bits per heavy atom. The topological polar surface area (TPSA) is 72.5 Å². The van der Waals surface area contributed by atoms with Gasteiger partial charge in [0, 0.05) is 14.9 Å². The molecule has 0 spiro atoms. The average Bonchev–Trinajstić information content (AvgIpc) is 2.61. The Hall–Kier alpha value is -2.12. The molecule has 0 saturated heterocycles. The third kappa shape index (κ3) is 4.49. The molecule has 2 aromatic rings. The van der Waals surface area contributed by atoms with Crippen molar-refractivity contribution in [1.82, 2.24) is 0 Å². The Kier molecular flexibility index (Phi) is 5.55. The molecule has 1 N–H and O–H groups in total. The van der Waals surface area contributed by atoms with Crippen LogP contribution in [0.25, 0.3) is 0 Å². The number of ether oxygens (including phenoxy) is 1. The Balaban J connectivity index is 1.53. The summed E-state index contributed by atoms with van der Waals surface area (Å²) in [5.41, 5.74) is 1.21. The summed E-state index contributed by atoms with van der Waals surface area (Å²) < 4.78 is 5.90. The third-order valence-electron chi connectivity index (χ3n) is 3.59. The molecule has 1 amide bonds. The molecule has 0 radical (unpaired) electrons. The highest BCUT2D eigenvalue weighted by molar-refractivity contribution is 9.10. The smallest absolute Gasteiger partial charge is 0.307 e. The van der Waals surface area contributed by atoms with Gasteiger partial charge in [0.15, 0.2) is 12.4 Å². The first-order valence-corrected chi connectivity index (χ1v) is 9.21. The Morgan fingerprint density at radius 2 is 1.84 bits per heavy atom. The molecule has 7 heteroatoms. The number of ketones is 1. The zero-order valence-electron chi connectivity index (χ0n) is 13.0. The lowest BCUT2D eigenvalue weighted by atomic mass is 10.1. The lowest BCUT2D eigenvalue weighted by Gasteiger charge is -2.23. The number of esters is 1. The first kappa shape index (κ1) is 17.7. The van der Waals surface area contributed by atoms with E-state index in [1.807, 2.05) is 24.3 Å². The Morgan fingerprint density at radius 1 is 1.12 bits per heavy atom. The van der Waals surface area contributed by atoms with Gasteiger partial charge in [0.25, 0.3) is 0 Å². The lowest BCUT2D eigenvalue weighted by Crippen LogP contribution is -2.31. The largest absolute Gasteiger partial charge is 0.457 e. The Labute approximate surface area is 157 Å². The van der Waals surface area contributed by atoms with Crippen LogP contribution in [-0.4, -0.2) is 29.5 Å². The van der Waals surface area contributed by atoms with Crippen LogP contribution in [0.3, 0.4) is 0 Å². The molecule has 128 valence electrons. The average molecular weight is 420 g/mol. The predicted octanol–water partition coefficient (Wildman–Crippen LogP) is 3.68. The van der Waals surface area contributed by atoms with Gasteiger partial charge >= 0.3 is 5.97 Å². The molecule has 2 aromatic carbocycles. The van der Waals surface area contributed by atoms with Gasteiger partial charge in [-0.25, -0.2) is 0 Å². The number of anilines is 1. The molecule has 5 nitrogen and oxygen atoms in total. The van der Waals surface area contributed by atoms with E-state index in [9.17, 15) is 14.4 Å². The van der Waals surface area contributed by atoms with Gasteiger partial charge in [-0.2, -0.15) is 0 Å². The number of amides is 1. The van der Waals surface area contributed by atoms with Crippen molar-refractivity contribution in [3.8, 4) is 0 Å². The van der Waals surface area contributed by atoms with Gasteiger partial charge in [-0.1, -0.05) is 40.2 Å². The Bertz CT molecular complexity index is 822. The molecule has 0 aliphatic carbocycles. The second-order valence-electron chi connectivity index (χ2n) is 5.39. The van der Waals surface area contributed by atoms with Crippen molar-refractivity contribution < 1.29 is 19.1 Å².